The van der Waals surface area contributed by atoms with Crippen molar-refractivity contribution in [3.8, 4) is 0 Å². The summed E-state index contributed by atoms with van der Waals surface area (Å²) >= 11 is 0. The lowest BCUT2D eigenvalue weighted by atomic mass is 9.81. The number of aromatic nitrogens is 2. The van der Waals surface area contributed by atoms with Crippen molar-refractivity contribution in [2.75, 3.05) is 0 Å². The van der Waals surface area contributed by atoms with Gasteiger partial charge in [0, 0.05) is 24.3 Å². The molecule has 1 aromatic heterocycles. The minimum absolute atomic E-state index is 0.325. The lowest BCUT2D eigenvalue weighted by Crippen LogP contribution is -2.41. The van der Waals surface area contributed by atoms with E-state index in [9.17, 15) is 0 Å². The summed E-state index contributed by atoms with van der Waals surface area (Å²) in [5, 5.41) is 0. The fourth-order valence-electron chi connectivity index (χ4n) is 1.94. The van der Waals surface area contributed by atoms with Gasteiger partial charge >= 0.3 is 7.12 Å². The quantitative estimate of drug-likeness (QED) is 0.781. The van der Waals surface area contributed by atoms with Gasteiger partial charge < -0.3 is 9.31 Å². The molecule has 104 valence electrons. The van der Waals surface area contributed by atoms with E-state index in [1.165, 1.54) is 0 Å². The Balaban J connectivity index is 2.12. The topological polar surface area (TPSA) is 44.2 Å². The van der Waals surface area contributed by atoms with Crippen molar-refractivity contribution in [2.24, 2.45) is 5.92 Å². The van der Waals surface area contributed by atoms with Crippen molar-refractivity contribution >= 4 is 12.6 Å². The molecule has 2 heterocycles. The molecule has 1 saturated heterocycles. The van der Waals surface area contributed by atoms with E-state index in [1.54, 1.807) is 0 Å². The zero-order chi connectivity index (χ0) is 14.3. The zero-order valence-corrected chi connectivity index (χ0v) is 12.7. The first-order valence-corrected chi connectivity index (χ1v) is 6.88. The Morgan fingerprint density at radius 3 is 1.95 bits per heavy atom. The summed E-state index contributed by atoms with van der Waals surface area (Å²) in [6.07, 6.45) is 4.52. The van der Waals surface area contributed by atoms with E-state index in [-0.39, 0.29) is 18.3 Å². The molecule has 2 rings (SSSR count). The van der Waals surface area contributed by atoms with Gasteiger partial charge in [-0.15, -0.1) is 0 Å². The van der Waals surface area contributed by atoms with Gasteiger partial charge in [0.1, 0.15) is 5.82 Å². The van der Waals surface area contributed by atoms with Crippen LogP contribution >= 0.6 is 0 Å². The van der Waals surface area contributed by atoms with Gasteiger partial charge in [0.05, 0.1) is 11.2 Å². The third-order valence-corrected chi connectivity index (χ3v) is 3.84. The van der Waals surface area contributed by atoms with Crippen LogP contribution in [0.15, 0.2) is 12.4 Å². The molecular formula is C14H23BN2O2. The average molecular weight is 262 g/mol. The predicted molar refractivity (Wildman–Crippen MR) is 76.3 cm³/mol. The maximum atomic E-state index is 5.97. The Hall–Kier alpha value is -0.935. The van der Waals surface area contributed by atoms with E-state index < -0.39 is 0 Å². The summed E-state index contributed by atoms with van der Waals surface area (Å²) in [7, 11) is -0.377. The van der Waals surface area contributed by atoms with E-state index in [0.717, 1.165) is 17.7 Å². The maximum Gasteiger partial charge on any atom is 0.498 e. The Kier molecular flexibility index (Phi) is 3.71. The van der Waals surface area contributed by atoms with Gasteiger partial charge in [0.2, 0.25) is 0 Å². The van der Waals surface area contributed by atoms with Crippen molar-refractivity contribution in [1.29, 1.82) is 0 Å². The molecule has 5 heteroatoms. The van der Waals surface area contributed by atoms with Crippen LogP contribution < -0.4 is 5.46 Å². The van der Waals surface area contributed by atoms with Crippen LogP contribution in [0.4, 0.5) is 0 Å². The summed E-state index contributed by atoms with van der Waals surface area (Å²) in [5.74, 6) is 1.43. The van der Waals surface area contributed by atoms with Crippen molar-refractivity contribution in [1.82, 2.24) is 9.97 Å². The van der Waals surface area contributed by atoms with Crippen molar-refractivity contribution in [3.63, 3.8) is 0 Å². The SMILES string of the molecule is CC(C)Cc1ncc(B2OC(C)(C)C(C)(C)O2)cn1. The largest absolute Gasteiger partial charge is 0.498 e. The monoisotopic (exact) mass is 262 g/mol. The molecule has 1 fully saturated rings. The highest BCUT2D eigenvalue weighted by Gasteiger charge is 2.51. The van der Waals surface area contributed by atoms with E-state index in [2.05, 4.69) is 23.8 Å². The first-order valence-electron chi connectivity index (χ1n) is 6.88. The van der Waals surface area contributed by atoms with Gasteiger partial charge in [-0.1, -0.05) is 13.8 Å². The highest BCUT2D eigenvalue weighted by molar-refractivity contribution is 6.61. The van der Waals surface area contributed by atoms with Crippen LogP contribution in [0.1, 0.15) is 47.4 Å². The second-order valence-corrected chi connectivity index (χ2v) is 6.62. The molecule has 0 unspecified atom stereocenters. The first kappa shape index (κ1) is 14.5. The molecule has 0 spiro atoms. The minimum atomic E-state index is -0.377. The average Bonchev–Trinajstić information content (AvgIpc) is 2.48. The van der Waals surface area contributed by atoms with Gasteiger partial charge in [0.25, 0.3) is 0 Å². The standard InChI is InChI=1S/C14H23BN2O2/c1-10(2)7-12-16-8-11(9-17-12)15-18-13(3,4)14(5,6)19-15/h8-10H,7H2,1-6H3. The molecule has 1 aromatic rings. The summed E-state index contributed by atoms with van der Waals surface area (Å²) in [6.45, 7) is 12.5. The smallest absolute Gasteiger partial charge is 0.399 e. The predicted octanol–water partition coefficient (Wildman–Crippen LogP) is 1.97. The molecule has 1 aliphatic rings. The Morgan fingerprint density at radius 2 is 1.53 bits per heavy atom. The van der Waals surface area contributed by atoms with Crippen LogP contribution in [0.5, 0.6) is 0 Å². The Bertz CT molecular complexity index is 427. The molecular weight excluding hydrogens is 239 g/mol. The van der Waals surface area contributed by atoms with Crippen molar-refractivity contribution in [3.05, 3.63) is 18.2 Å². The second-order valence-electron chi connectivity index (χ2n) is 6.62. The van der Waals surface area contributed by atoms with E-state index in [1.807, 2.05) is 40.1 Å². The van der Waals surface area contributed by atoms with Gasteiger partial charge in [-0.2, -0.15) is 0 Å². The zero-order valence-electron chi connectivity index (χ0n) is 12.7. The van der Waals surface area contributed by atoms with Crippen LogP contribution in [0.3, 0.4) is 0 Å². The number of hydrogen-bond acceptors (Lipinski definition) is 4. The molecule has 0 bridgehead atoms. The van der Waals surface area contributed by atoms with Crippen LogP contribution in [-0.4, -0.2) is 28.3 Å². The molecule has 0 aromatic carbocycles. The third-order valence-electron chi connectivity index (χ3n) is 3.84. The van der Waals surface area contributed by atoms with E-state index in [0.29, 0.717) is 5.92 Å². The molecule has 0 aliphatic carbocycles. The fraction of sp³-hybridized carbons (Fsp3) is 0.714. The maximum absolute atomic E-state index is 5.97. The van der Waals surface area contributed by atoms with Crippen LogP contribution in [0, 0.1) is 5.92 Å². The van der Waals surface area contributed by atoms with Gasteiger partial charge in [0.15, 0.2) is 0 Å². The van der Waals surface area contributed by atoms with Crippen LogP contribution in [0.2, 0.25) is 0 Å². The highest BCUT2D eigenvalue weighted by Crippen LogP contribution is 2.36. The molecule has 4 nitrogen and oxygen atoms in total. The molecule has 0 amide bonds. The summed E-state index contributed by atoms with van der Waals surface area (Å²) in [4.78, 5) is 8.78. The lowest BCUT2D eigenvalue weighted by Gasteiger charge is -2.32. The fourth-order valence-corrected chi connectivity index (χ4v) is 1.94. The summed E-state index contributed by atoms with van der Waals surface area (Å²) < 4.78 is 11.9. The summed E-state index contributed by atoms with van der Waals surface area (Å²) in [5.41, 5.74) is 0.230. The van der Waals surface area contributed by atoms with Gasteiger partial charge in [-0.05, 0) is 33.6 Å². The van der Waals surface area contributed by atoms with Crippen molar-refractivity contribution < 1.29 is 9.31 Å². The molecule has 19 heavy (non-hydrogen) atoms. The normalized spacial score (nSPS) is 21.1. The minimum Gasteiger partial charge on any atom is -0.399 e. The van der Waals surface area contributed by atoms with Crippen LogP contribution in [0.25, 0.3) is 0 Å². The number of hydrogen-bond donors (Lipinski definition) is 0. The molecule has 0 saturated carbocycles. The van der Waals surface area contributed by atoms with E-state index >= 15 is 0 Å². The lowest BCUT2D eigenvalue weighted by molar-refractivity contribution is 0.00578. The number of nitrogens with zero attached hydrogens (tertiary/aromatic N) is 2. The second kappa shape index (κ2) is 4.87. The van der Waals surface area contributed by atoms with Crippen LogP contribution in [-0.2, 0) is 15.7 Å². The van der Waals surface area contributed by atoms with Gasteiger partial charge in [-0.25, -0.2) is 9.97 Å². The molecule has 0 N–H and O–H groups in total. The molecule has 0 atom stereocenters. The first-order chi connectivity index (χ1) is 8.71. The number of rotatable bonds is 3. The third kappa shape index (κ3) is 2.98. The molecule has 0 radical (unpaired) electrons. The molecule has 1 aliphatic heterocycles. The van der Waals surface area contributed by atoms with Crippen molar-refractivity contribution in [2.45, 2.75) is 59.2 Å². The Labute approximate surface area is 116 Å². The highest BCUT2D eigenvalue weighted by atomic mass is 16.7. The summed E-state index contributed by atoms with van der Waals surface area (Å²) in [6, 6.07) is 0. The Morgan fingerprint density at radius 1 is 1.05 bits per heavy atom. The van der Waals surface area contributed by atoms with Gasteiger partial charge in [-0.3, -0.25) is 0 Å². The van der Waals surface area contributed by atoms with E-state index in [4.69, 9.17) is 9.31 Å².